The van der Waals surface area contributed by atoms with E-state index in [1.165, 1.54) is 0 Å². The number of methoxy groups -OCH3 is 1. The molecule has 0 fully saturated rings. The Kier molecular flexibility index (Phi) is 5.40. The molecule has 0 bridgehead atoms. The minimum Gasteiger partial charge on any atom is -0.375 e. The molecule has 0 spiro atoms. The summed E-state index contributed by atoms with van der Waals surface area (Å²) in [6, 6.07) is 8.69. The molecule has 4 nitrogen and oxygen atoms in total. The third-order valence-electron chi connectivity index (χ3n) is 2.73. The first-order valence-electron chi connectivity index (χ1n) is 6.04. The molecular formula is C14H15ClN2O2S. The zero-order valence-electron chi connectivity index (χ0n) is 10.9. The van der Waals surface area contributed by atoms with Crippen molar-refractivity contribution in [3.05, 3.63) is 51.7 Å². The smallest absolute Gasteiger partial charge is 0.319 e. The van der Waals surface area contributed by atoms with Gasteiger partial charge in [-0.2, -0.15) is 11.3 Å². The Morgan fingerprint density at radius 3 is 2.95 bits per heavy atom. The minimum atomic E-state index is -0.287. The van der Waals surface area contributed by atoms with Crippen LogP contribution in [-0.4, -0.2) is 19.7 Å². The van der Waals surface area contributed by atoms with Crippen molar-refractivity contribution < 1.29 is 9.53 Å². The van der Waals surface area contributed by atoms with Crippen LogP contribution in [0.4, 0.5) is 10.5 Å². The van der Waals surface area contributed by atoms with Crippen LogP contribution in [0, 0.1) is 0 Å². The first-order valence-corrected chi connectivity index (χ1v) is 7.36. The molecule has 2 rings (SSSR count). The fraction of sp³-hybridized carbons (Fsp3) is 0.214. The molecule has 0 radical (unpaired) electrons. The van der Waals surface area contributed by atoms with Gasteiger partial charge in [0.2, 0.25) is 0 Å². The summed E-state index contributed by atoms with van der Waals surface area (Å²) in [5.41, 5.74) is 1.71. The first-order chi connectivity index (χ1) is 9.69. The highest BCUT2D eigenvalue weighted by Crippen LogP contribution is 2.19. The number of hydrogen-bond donors (Lipinski definition) is 2. The van der Waals surface area contributed by atoms with Crippen LogP contribution in [0.2, 0.25) is 5.02 Å². The van der Waals surface area contributed by atoms with E-state index in [0.29, 0.717) is 17.3 Å². The standard InChI is InChI=1S/C14H15ClN2O2S/c1-19-13(10-5-6-20-9-10)8-16-14(18)17-12-4-2-3-11(15)7-12/h2-7,9,13H,8H2,1H3,(H2,16,17,18). The minimum absolute atomic E-state index is 0.147. The highest BCUT2D eigenvalue weighted by Gasteiger charge is 2.12. The van der Waals surface area contributed by atoms with E-state index in [4.69, 9.17) is 16.3 Å². The number of ether oxygens (including phenoxy) is 1. The third kappa shape index (κ3) is 4.23. The molecule has 1 aromatic carbocycles. The number of hydrogen-bond acceptors (Lipinski definition) is 3. The molecular weight excluding hydrogens is 296 g/mol. The van der Waals surface area contributed by atoms with Gasteiger partial charge in [0, 0.05) is 24.4 Å². The third-order valence-corrected chi connectivity index (χ3v) is 3.67. The van der Waals surface area contributed by atoms with E-state index >= 15 is 0 Å². The van der Waals surface area contributed by atoms with Crippen molar-refractivity contribution >= 4 is 34.7 Å². The fourth-order valence-electron chi connectivity index (χ4n) is 1.72. The Morgan fingerprint density at radius 1 is 1.45 bits per heavy atom. The first kappa shape index (κ1) is 14.8. The van der Waals surface area contributed by atoms with E-state index in [1.54, 1.807) is 42.7 Å². The lowest BCUT2D eigenvalue weighted by Gasteiger charge is -2.15. The average molecular weight is 311 g/mol. The largest absolute Gasteiger partial charge is 0.375 e. The van der Waals surface area contributed by atoms with Gasteiger partial charge in [-0.25, -0.2) is 4.79 Å². The second-order valence-corrected chi connectivity index (χ2v) is 5.34. The Hall–Kier alpha value is -1.56. The number of thiophene rings is 1. The number of carbonyl (C=O) groups is 1. The molecule has 0 aliphatic carbocycles. The lowest BCUT2D eigenvalue weighted by Crippen LogP contribution is -2.32. The number of halogens is 1. The van der Waals surface area contributed by atoms with Crippen LogP contribution in [0.15, 0.2) is 41.1 Å². The van der Waals surface area contributed by atoms with Crippen LogP contribution in [0.3, 0.4) is 0 Å². The lowest BCUT2D eigenvalue weighted by atomic mass is 10.2. The number of amides is 2. The quantitative estimate of drug-likeness (QED) is 0.879. The molecule has 0 saturated heterocycles. The molecule has 0 aliphatic heterocycles. The molecule has 0 aliphatic rings. The summed E-state index contributed by atoms with van der Waals surface area (Å²) in [6.45, 7) is 0.402. The zero-order chi connectivity index (χ0) is 14.4. The van der Waals surface area contributed by atoms with E-state index in [2.05, 4.69) is 10.6 Å². The van der Waals surface area contributed by atoms with Gasteiger partial charge in [0.05, 0.1) is 0 Å². The Labute approximate surface area is 126 Å². The Morgan fingerprint density at radius 2 is 2.30 bits per heavy atom. The SMILES string of the molecule is COC(CNC(=O)Nc1cccc(Cl)c1)c1ccsc1. The topological polar surface area (TPSA) is 50.4 Å². The molecule has 20 heavy (non-hydrogen) atoms. The molecule has 106 valence electrons. The van der Waals surface area contributed by atoms with E-state index in [-0.39, 0.29) is 12.1 Å². The highest BCUT2D eigenvalue weighted by atomic mass is 35.5. The number of urea groups is 1. The molecule has 1 unspecified atom stereocenters. The van der Waals surface area contributed by atoms with Crippen molar-refractivity contribution in [1.29, 1.82) is 0 Å². The molecule has 1 atom stereocenters. The maximum Gasteiger partial charge on any atom is 0.319 e. The molecule has 6 heteroatoms. The number of rotatable bonds is 5. The monoisotopic (exact) mass is 310 g/mol. The van der Waals surface area contributed by atoms with Gasteiger partial charge in [0.15, 0.2) is 0 Å². The Balaban J connectivity index is 1.85. The average Bonchev–Trinajstić information content (AvgIpc) is 2.93. The van der Waals surface area contributed by atoms with Gasteiger partial charge < -0.3 is 15.4 Å². The van der Waals surface area contributed by atoms with Crippen molar-refractivity contribution in [2.24, 2.45) is 0 Å². The zero-order valence-corrected chi connectivity index (χ0v) is 12.5. The highest BCUT2D eigenvalue weighted by molar-refractivity contribution is 7.07. The lowest BCUT2D eigenvalue weighted by molar-refractivity contribution is 0.105. The fourth-order valence-corrected chi connectivity index (χ4v) is 2.61. The molecule has 1 aromatic heterocycles. The summed E-state index contributed by atoms with van der Waals surface area (Å²) < 4.78 is 5.36. The second kappa shape index (κ2) is 7.28. The van der Waals surface area contributed by atoms with Gasteiger partial charge in [0.25, 0.3) is 0 Å². The van der Waals surface area contributed by atoms with Gasteiger partial charge in [-0.1, -0.05) is 17.7 Å². The molecule has 1 heterocycles. The van der Waals surface area contributed by atoms with Crippen LogP contribution in [0.5, 0.6) is 0 Å². The van der Waals surface area contributed by atoms with E-state index in [0.717, 1.165) is 5.56 Å². The summed E-state index contributed by atoms with van der Waals surface area (Å²) in [5.74, 6) is 0. The van der Waals surface area contributed by atoms with Gasteiger partial charge in [-0.3, -0.25) is 0 Å². The number of benzene rings is 1. The van der Waals surface area contributed by atoms with Crippen molar-refractivity contribution in [2.75, 3.05) is 19.0 Å². The molecule has 2 N–H and O–H groups in total. The number of anilines is 1. The predicted octanol–water partition coefficient (Wildman–Crippen LogP) is 3.91. The number of carbonyl (C=O) groups excluding carboxylic acids is 1. The molecule has 0 saturated carbocycles. The summed E-state index contributed by atoms with van der Waals surface area (Å²) >= 11 is 7.45. The van der Waals surface area contributed by atoms with E-state index < -0.39 is 0 Å². The van der Waals surface area contributed by atoms with E-state index in [1.807, 2.05) is 16.8 Å². The van der Waals surface area contributed by atoms with Gasteiger partial charge >= 0.3 is 6.03 Å². The van der Waals surface area contributed by atoms with Crippen LogP contribution < -0.4 is 10.6 Å². The van der Waals surface area contributed by atoms with E-state index in [9.17, 15) is 4.79 Å². The summed E-state index contributed by atoms with van der Waals surface area (Å²) in [4.78, 5) is 11.8. The predicted molar refractivity (Wildman–Crippen MR) is 82.5 cm³/mol. The van der Waals surface area contributed by atoms with Crippen molar-refractivity contribution in [1.82, 2.24) is 5.32 Å². The second-order valence-electron chi connectivity index (χ2n) is 4.13. The van der Waals surface area contributed by atoms with Crippen molar-refractivity contribution in [2.45, 2.75) is 6.10 Å². The maximum absolute atomic E-state index is 11.8. The van der Waals surface area contributed by atoms with Crippen LogP contribution >= 0.6 is 22.9 Å². The number of nitrogens with one attached hydrogen (secondary N) is 2. The normalized spacial score (nSPS) is 11.9. The van der Waals surface area contributed by atoms with Crippen molar-refractivity contribution in [3.8, 4) is 0 Å². The summed E-state index contributed by atoms with van der Waals surface area (Å²) in [7, 11) is 1.62. The van der Waals surface area contributed by atoms with Crippen LogP contribution in [-0.2, 0) is 4.74 Å². The summed E-state index contributed by atoms with van der Waals surface area (Å²) in [5, 5.41) is 10.1. The van der Waals surface area contributed by atoms with Crippen LogP contribution in [0.1, 0.15) is 11.7 Å². The Bertz CT molecular complexity index is 560. The van der Waals surface area contributed by atoms with Gasteiger partial charge in [-0.15, -0.1) is 0 Å². The van der Waals surface area contributed by atoms with Crippen LogP contribution in [0.25, 0.3) is 0 Å². The summed E-state index contributed by atoms with van der Waals surface area (Å²) in [6.07, 6.45) is -0.147. The molecule has 2 aromatic rings. The van der Waals surface area contributed by atoms with Gasteiger partial charge in [0.1, 0.15) is 6.10 Å². The van der Waals surface area contributed by atoms with Crippen molar-refractivity contribution in [3.63, 3.8) is 0 Å². The molecule has 2 amide bonds. The maximum atomic E-state index is 11.8. The van der Waals surface area contributed by atoms with Gasteiger partial charge in [-0.05, 0) is 40.6 Å².